The molecule has 0 unspecified atom stereocenters. The lowest BCUT2D eigenvalue weighted by Gasteiger charge is -2.03. The summed E-state index contributed by atoms with van der Waals surface area (Å²) in [4.78, 5) is 11.7. The van der Waals surface area contributed by atoms with Crippen molar-refractivity contribution >= 4 is 27.9 Å². The molecule has 1 aromatic carbocycles. The van der Waals surface area contributed by atoms with E-state index in [2.05, 4.69) is 21.2 Å². The number of benzene rings is 1. The molecule has 4 heteroatoms. The second-order valence-electron chi connectivity index (χ2n) is 3.80. The summed E-state index contributed by atoms with van der Waals surface area (Å²) in [5, 5.41) is 11.7. The zero-order chi connectivity index (χ0) is 13.4. The molecule has 1 rings (SSSR count). The van der Waals surface area contributed by atoms with Crippen LogP contribution < -0.4 is 5.32 Å². The van der Waals surface area contributed by atoms with Crippen molar-refractivity contribution in [3.05, 3.63) is 39.9 Å². The van der Waals surface area contributed by atoms with Gasteiger partial charge in [0.05, 0.1) is 0 Å². The van der Waals surface area contributed by atoms with Crippen LogP contribution in [0.3, 0.4) is 0 Å². The van der Waals surface area contributed by atoms with Crippen molar-refractivity contribution in [1.82, 2.24) is 5.32 Å². The third kappa shape index (κ3) is 4.34. The molecule has 0 fully saturated rings. The summed E-state index contributed by atoms with van der Waals surface area (Å²) in [6.07, 6.45) is 3.51. The Balaban J connectivity index is 2.81. The van der Waals surface area contributed by atoms with Gasteiger partial charge in [0, 0.05) is 11.0 Å². The molecule has 0 aliphatic rings. The monoisotopic (exact) mass is 306 g/mol. The largest absolute Gasteiger partial charge is 0.351 e. The molecule has 1 aromatic rings. The van der Waals surface area contributed by atoms with Crippen molar-refractivity contribution in [2.75, 3.05) is 6.54 Å². The first-order chi connectivity index (χ1) is 8.69. The van der Waals surface area contributed by atoms with Crippen LogP contribution in [-0.2, 0) is 4.79 Å². The highest BCUT2D eigenvalue weighted by Gasteiger charge is 2.08. The van der Waals surface area contributed by atoms with E-state index >= 15 is 0 Å². The predicted molar refractivity (Wildman–Crippen MR) is 75.6 cm³/mol. The fourth-order valence-corrected chi connectivity index (χ4v) is 1.77. The first-order valence-corrected chi connectivity index (χ1v) is 6.63. The van der Waals surface area contributed by atoms with Gasteiger partial charge >= 0.3 is 0 Å². The summed E-state index contributed by atoms with van der Waals surface area (Å²) >= 11 is 3.38. The molecule has 0 aliphatic carbocycles. The van der Waals surface area contributed by atoms with Gasteiger partial charge in [0.15, 0.2) is 0 Å². The maximum Gasteiger partial charge on any atom is 0.261 e. The van der Waals surface area contributed by atoms with Crippen LogP contribution in [0.25, 0.3) is 6.08 Å². The maximum atomic E-state index is 11.7. The van der Waals surface area contributed by atoms with E-state index in [1.54, 1.807) is 6.08 Å². The van der Waals surface area contributed by atoms with Crippen LogP contribution in [0.5, 0.6) is 0 Å². The predicted octanol–water partition coefficient (Wildman–Crippen LogP) is 3.27. The van der Waals surface area contributed by atoms with Crippen LogP contribution in [0, 0.1) is 11.3 Å². The van der Waals surface area contributed by atoms with Gasteiger partial charge in [-0.15, -0.1) is 0 Å². The Labute approximate surface area is 116 Å². The molecular weight excluding hydrogens is 292 g/mol. The van der Waals surface area contributed by atoms with Crippen LogP contribution in [0.4, 0.5) is 0 Å². The summed E-state index contributed by atoms with van der Waals surface area (Å²) in [5.74, 6) is -0.318. The zero-order valence-corrected chi connectivity index (χ0v) is 11.8. The molecule has 94 valence electrons. The summed E-state index contributed by atoms with van der Waals surface area (Å²) < 4.78 is 0.860. The Bertz CT molecular complexity index is 489. The topological polar surface area (TPSA) is 52.9 Å². The van der Waals surface area contributed by atoms with Crippen molar-refractivity contribution in [2.24, 2.45) is 0 Å². The van der Waals surface area contributed by atoms with Crippen LogP contribution >= 0.6 is 15.9 Å². The zero-order valence-electron chi connectivity index (χ0n) is 10.2. The van der Waals surface area contributed by atoms with Crippen molar-refractivity contribution in [3.63, 3.8) is 0 Å². The van der Waals surface area contributed by atoms with Crippen LogP contribution in [0.2, 0.25) is 0 Å². The first-order valence-electron chi connectivity index (χ1n) is 5.83. The number of rotatable bonds is 5. The van der Waals surface area contributed by atoms with Gasteiger partial charge < -0.3 is 5.32 Å². The molecule has 0 heterocycles. The molecule has 0 saturated heterocycles. The average molecular weight is 307 g/mol. The summed E-state index contributed by atoms with van der Waals surface area (Å²) in [7, 11) is 0. The number of amides is 1. The normalized spacial score (nSPS) is 10.8. The lowest BCUT2D eigenvalue weighted by Crippen LogP contribution is -2.25. The Morgan fingerprint density at radius 1 is 1.50 bits per heavy atom. The minimum absolute atomic E-state index is 0.123. The maximum absolute atomic E-state index is 11.7. The molecule has 0 saturated carbocycles. The van der Waals surface area contributed by atoms with E-state index in [-0.39, 0.29) is 11.5 Å². The Morgan fingerprint density at radius 3 is 2.83 bits per heavy atom. The molecule has 0 bridgehead atoms. The second kappa shape index (κ2) is 7.67. The molecule has 1 N–H and O–H groups in total. The van der Waals surface area contributed by atoms with E-state index in [0.717, 1.165) is 22.9 Å². The van der Waals surface area contributed by atoms with Crippen molar-refractivity contribution < 1.29 is 4.79 Å². The van der Waals surface area contributed by atoms with Crippen molar-refractivity contribution in [1.29, 1.82) is 5.26 Å². The molecule has 3 nitrogen and oxygen atoms in total. The molecule has 0 radical (unpaired) electrons. The second-order valence-corrected chi connectivity index (χ2v) is 4.66. The van der Waals surface area contributed by atoms with Gasteiger partial charge in [-0.3, -0.25) is 4.79 Å². The van der Waals surface area contributed by atoms with Gasteiger partial charge in [0.1, 0.15) is 11.6 Å². The standard InChI is InChI=1S/C14H15BrN2O/c1-2-3-8-17-14(18)12(10-16)9-11-6-4-5-7-13(11)15/h4-7,9H,2-3,8H2,1H3,(H,17,18). The lowest BCUT2D eigenvalue weighted by atomic mass is 10.1. The average Bonchev–Trinajstić information content (AvgIpc) is 2.38. The number of carbonyl (C=O) groups is 1. The number of nitrogens with one attached hydrogen (secondary N) is 1. The molecule has 0 spiro atoms. The number of hydrogen-bond donors (Lipinski definition) is 1. The van der Waals surface area contributed by atoms with Crippen LogP contribution in [0.1, 0.15) is 25.3 Å². The molecule has 0 aromatic heterocycles. The van der Waals surface area contributed by atoms with Gasteiger partial charge in [-0.05, 0) is 24.1 Å². The van der Waals surface area contributed by atoms with Crippen LogP contribution in [-0.4, -0.2) is 12.5 Å². The van der Waals surface area contributed by atoms with Crippen molar-refractivity contribution in [2.45, 2.75) is 19.8 Å². The number of unbranched alkanes of at least 4 members (excludes halogenated alkanes) is 1. The van der Waals surface area contributed by atoms with Gasteiger partial charge in [0.2, 0.25) is 0 Å². The van der Waals surface area contributed by atoms with E-state index in [1.165, 1.54) is 0 Å². The minimum Gasteiger partial charge on any atom is -0.351 e. The number of hydrogen-bond acceptors (Lipinski definition) is 2. The van der Waals surface area contributed by atoms with Gasteiger partial charge in [-0.25, -0.2) is 0 Å². The number of halogens is 1. The van der Waals surface area contributed by atoms with Gasteiger partial charge in [-0.1, -0.05) is 47.5 Å². The first kappa shape index (κ1) is 14.5. The lowest BCUT2D eigenvalue weighted by molar-refractivity contribution is -0.117. The van der Waals surface area contributed by atoms with E-state index in [0.29, 0.717) is 6.54 Å². The SMILES string of the molecule is CCCCNC(=O)C(C#N)=Cc1ccccc1Br. The summed E-state index contributed by atoms with van der Waals surface area (Å²) in [6.45, 7) is 2.65. The Morgan fingerprint density at radius 2 is 2.22 bits per heavy atom. The Kier molecular flexibility index (Phi) is 6.16. The smallest absolute Gasteiger partial charge is 0.261 e. The number of nitrogens with zero attached hydrogens (tertiary/aromatic N) is 1. The number of carbonyl (C=O) groups excluding carboxylic acids is 1. The van der Waals surface area contributed by atoms with E-state index < -0.39 is 0 Å². The van der Waals surface area contributed by atoms with E-state index in [1.807, 2.05) is 37.3 Å². The highest BCUT2D eigenvalue weighted by molar-refractivity contribution is 9.10. The molecule has 1 amide bonds. The highest BCUT2D eigenvalue weighted by Crippen LogP contribution is 2.18. The quantitative estimate of drug-likeness (QED) is 0.515. The minimum atomic E-state index is -0.318. The summed E-state index contributed by atoms with van der Waals surface area (Å²) in [6, 6.07) is 9.40. The fourth-order valence-electron chi connectivity index (χ4n) is 1.37. The number of nitriles is 1. The van der Waals surface area contributed by atoms with Crippen molar-refractivity contribution in [3.8, 4) is 6.07 Å². The fraction of sp³-hybridized carbons (Fsp3) is 0.286. The summed E-state index contributed by atoms with van der Waals surface area (Å²) in [5.41, 5.74) is 0.942. The third-order valence-electron chi connectivity index (χ3n) is 2.39. The van der Waals surface area contributed by atoms with E-state index in [9.17, 15) is 4.79 Å². The van der Waals surface area contributed by atoms with Crippen LogP contribution in [0.15, 0.2) is 34.3 Å². The Hall–Kier alpha value is -1.60. The molecule has 0 atom stereocenters. The molecule has 18 heavy (non-hydrogen) atoms. The third-order valence-corrected chi connectivity index (χ3v) is 3.11. The molecule has 0 aliphatic heterocycles. The molecular formula is C14H15BrN2O. The van der Waals surface area contributed by atoms with Gasteiger partial charge in [-0.2, -0.15) is 5.26 Å². The van der Waals surface area contributed by atoms with Gasteiger partial charge in [0.25, 0.3) is 5.91 Å². The highest BCUT2D eigenvalue weighted by atomic mass is 79.9. The van der Waals surface area contributed by atoms with E-state index in [4.69, 9.17) is 5.26 Å².